The van der Waals surface area contributed by atoms with E-state index in [-0.39, 0.29) is 6.04 Å². The van der Waals surface area contributed by atoms with E-state index in [1.54, 1.807) is 24.5 Å². The van der Waals surface area contributed by atoms with Gasteiger partial charge in [0, 0.05) is 24.5 Å². The minimum Gasteiger partial charge on any atom is -0.272 e. The largest absolute Gasteiger partial charge is 0.272 e. The van der Waals surface area contributed by atoms with Crippen LogP contribution in [0.5, 0.6) is 0 Å². The predicted molar refractivity (Wildman–Crippen MR) is 70.9 cm³/mol. The Kier molecular flexibility index (Phi) is 4.30. The highest BCUT2D eigenvalue weighted by molar-refractivity contribution is 6.31. The molecule has 0 fully saturated rings. The predicted octanol–water partition coefficient (Wildman–Crippen LogP) is 1.89. The summed E-state index contributed by atoms with van der Waals surface area (Å²) in [6.07, 6.45) is 6.47. The van der Waals surface area contributed by atoms with Gasteiger partial charge in [0.05, 0.1) is 23.0 Å². The summed E-state index contributed by atoms with van der Waals surface area (Å²) in [7, 11) is 0. The highest BCUT2D eigenvalue weighted by atomic mass is 35.5. The van der Waals surface area contributed by atoms with E-state index in [1.807, 2.05) is 10.9 Å². The molecule has 2 aromatic heterocycles. The molecular formula is C12H16ClN5. The number of pyridine rings is 1. The molecule has 18 heavy (non-hydrogen) atoms. The van der Waals surface area contributed by atoms with Gasteiger partial charge in [0.2, 0.25) is 0 Å². The molecule has 1 atom stereocenters. The second-order valence-electron chi connectivity index (χ2n) is 4.01. The van der Waals surface area contributed by atoms with Crippen molar-refractivity contribution < 1.29 is 0 Å². The molecule has 6 heteroatoms. The Hall–Kier alpha value is -1.43. The lowest BCUT2D eigenvalue weighted by Gasteiger charge is -2.14. The van der Waals surface area contributed by atoms with Crippen molar-refractivity contribution >= 4 is 11.6 Å². The maximum atomic E-state index is 6.13. The monoisotopic (exact) mass is 265 g/mol. The average molecular weight is 266 g/mol. The molecule has 3 N–H and O–H groups in total. The summed E-state index contributed by atoms with van der Waals surface area (Å²) in [6.45, 7) is 2.99. The fraction of sp³-hybridized carbons (Fsp3) is 0.333. The molecule has 0 aliphatic rings. The summed E-state index contributed by atoms with van der Waals surface area (Å²) in [6, 6.07) is 3.34. The van der Waals surface area contributed by atoms with Crippen molar-refractivity contribution in [3.63, 3.8) is 0 Å². The maximum Gasteiger partial charge on any atom is 0.0926 e. The Bertz CT molecular complexity index is 511. The molecule has 5 nitrogen and oxygen atoms in total. The Morgan fingerprint density at radius 3 is 3.06 bits per heavy atom. The number of aromatic nitrogens is 3. The minimum atomic E-state index is -0.246. The summed E-state index contributed by atoms with van der Waals surface area (Å²) in [5, 5.41) is 4.87. The van der Waals surface area contributed by atoms with Gasteiger partial charge in [0.15, 0.2) is 0 Å². The Morgan fingerprint density at radius 2 is 2.39 bits per heavy atom. The summed E-state index contributed by atoms with van der Waals surface area (Å²) in [5.41, 5.74) is 4.39. The van der Waals surface area contributed by atoms with Crippen LogP contribution < -0.4 is 11.3 Å². The molecule has 0 aliphatic carbocycles. The van der Waals surface area contributed by atoms with E-state index in [9.17, 15) is 0 Å². The number of nitrogens with two attached hydrogens (primary N) is 1. The zero-order chi connectivity index (χ0) is 13.0. The number of hydrogen-bond acceptors (Lipinski definition) is 4. The van der Waals surface area contributed by atoms with Gasteiger partial charge >= 0.3 is 0 Å². The topological polar surface area (TPSA) is 68.8 Å². The van der Waals surface area contributed by atoms with Gasteiger partial charge in [0.1, 0.15) is 0 Å². The molecule has 2 heterocycles. The molecule has 0 saturated heterocycles. The van der Waals surface area contributed by atoms with Gasteiger partial charge in [-0.15, -0.1) is 0 Å². The normalized spacial score (nSPS) is 12.6. The van der Waals surface area contributed by atoms with Gasteiger partial charge in [-0.2, -0.15) is 5.10 Å². The van der Waals surface area contributed by atoms with Crippen molar-refractivity contribution in [3.8, 4) is 0 Å². The lowest BCUT2D eigenvalue weighted by molar-refractivity contribution is 0.595. The SMILES string of the molecule is CCCn1cc(C(NN)c2ncccc2Cl)cn1. The summed E-state index contributed by atoms with van der Waals surface area (Å²) >= 11 is 6.13. The van der Waals surface area contributed by atoms with Gasteiger partial charge in [-0.3, -0.25) is 15.5 Å². The van der Waals surface area contributed by atoms with Crippen LogP contribution in [0.2, 0.25) is 5.02 Å². The first-order valence-electron chi connectivity index (χ1n) is 5.85. The Morgan fingerprint density at radius 1 is 1.56 bits per heavy atom. The third-order valence-electron chi connectivity index (χ3n) is 2.67. The molecule has 0 radical (unpaired) electrons. The molecule has 0 bridgehead atoms. The van der Waals surface area contributed by atoms with Crippen LogP contribution in [0.3, 0.4) is 0 Å². The van der Waals surface area contributed by atoms with Gasteiger partial charge in [-0.25, -0.2) is 5.43 Å². The van der Waals surface area contributed by atoms with E-state index >= 15 is 0 Å². The van der Waals surface area contributed by atoms with E-state index in [4.69, 9.17) is 17.4 Å². The number of rotatable bonds is 5. The number of nitrogens with one attached hydrogen (secondary N) is 1. The van der Waals surface area contributed by atoms with E-state index < -0.39 is 0 Å². The van der Waals surface area contributed by atoms with E-state index in [1.165, 1.54) is 0 Å². The van der Waals surface area contributed by atoms with Crippen molar-refractivity contribution in [2.45, 2.75) is 25.9 Å². The third kappa shape index (κ3) is 2.69. The van der Waals surface area contributed by atoms with E-state index in [0.29, 0.717) is 10.7 Å². The second-order valence-corrected chi connectivity index (χ2v) is 4.41. The molecule has 0 amide bonds. The maximum absolute atomic E-state index is 6.13. The van der Waals surface area contributed by atoms with Crippen molar-refractivity contribution in [1.29, 1.82) is 0 Å². The minimum absolute atomic E-state index is 0.246. The van der Waals surface area contributed by atoms with Gasteiger partial charge < -0.3 is 0 Å². The van der Waals surface area contributed by atoms with E-state index in [2.05, 4.69) is 22.4 Å². The summed E-state index contributed by atoms with van der Waals surface area (Å²) in [5.74, 6) is 5.60. The van der Waals surface area contributed by atoms with Crippen LogP contribution in [0, 0.1) is 0 Å². The second kappa shape index (κ2) is 5.95. The van der Waals surface area contributed by atoms with Crippen LogP contribution in [0.25, 0.3) is 0 Å². The third-order valence-corrected chi connectivity index (χ3v) is 2.99. The summed E-state index contributed by atoms with van der Waals surface area (Å²) < 4.78 is 1.89. The molecular weight excluding hydrogens is 250 g/mol. The van der Waals surface area contributed by atoms with Crippen molar-refractivity contribution in [3.05, 3.63) is 47.0 Å². The quantitative estimate of drug-likeness (QED) is 0.640. The molecule has 0 aliphatic heterocycles. The van der Waals surface area contributed by atoms with Crippen LogP contribution in [-0.2, 0) is 6.54 Å². The number of hydrazine groups is 1. The first-order valence-corrected chi connectivity index (χ1v) is 6.23. The molecule has 2 rings (SSSR count). The first-order chi connectivity index (χ1) is 8.76. The molecule has 1 unspecified atom stereocenters. The van der Waals surface area contributed by atoms with Crippen molar-refractivity contribution in [1.82, 2.24) is 20.2 Å². The standard InChI is InChI=1S/C12H16ClN5/c1-2-6-18-8-9(7-16-18)11(17-14)12-10(13)4-3-5-15-12/h3-5,7-8,11,17H,2,6,14H2,1H3. The molecule has 2 aromatic rings. The molecule has 0 aromatic carbocycles. The highest BCUT2D eigenvalue weighted by Crippen LogP contribution is 2.25. The van der Waals surface area contributed by atoms with Crippen molar-refractivity contribution in [2.75, 3.05) is 0 Å². The van der Waals surface area contributed by atoms with Crippen LogP contribution >= 0.6 is 11.6 Å². The number of halogens is 1. The fourth-order valence-corrected chi connectivity index (χ4v) is 2.05. The molecule has 0 saturated carbocycles. The lowest BCUT2D eigenvalue weighted by Crippen LogP contribution is -2.29. The number of aryl methyl sites for hydroxylation is 1. The van der Waals surface area contributed by atoms with Crippen LogP contribution in [-0.4, -0.2) is 14.8 Å². The Balaban J connectivity index is 2.30. The number of nitrogens with zero attached hydrogens (tertiary/aromatic N) is 3. The van der Waals surface area contributed by atoms with Crippen LogP contribution in [0.15, 0.2) is 30.7 Å². The average Bonchev–Trinajstić information content (AvgIpc) is 2.82. The molecule has 0 spiro atoms. The first kappa shape index (κ1) is 13.0. The van der Waals surface area contributed by atoms with Gasteiger partial charge in [-0.05, 0) is 18.6 Å². The molecule has 96 valence electrons. The van der Waals surface area contributed by atoms with Crippen LogP contribution in [0.4, 0.5) is 0 Å². The van der Waals surface area contributed by atoms with Gasteiger partial charge in [-0.1, -0.05) is 18.5 Å². The zero-order valence-corrected chi connectivity index (χ0v) is 10.9. The van der Waals surface area contributed by atoms with Crippen LogP contribution in [0.1, 0.15) is 30.6 Å². The highest BCUT2D eigenvalue weighted by Gasteiger charge is 2.18. The Labute approximate surface area is 111 Å². The summed E-state index contributed by atoms with van der Waals surface area (Å²) in [4.78, 5) is 4.27. The lowest BCUT2D eigenvalue weighted by atomic mass is 10.1. The zero-order valence-electron chi connectivity index (χ0n) is 10.2. The van der Waals surface area contributed by atoms with Gasteiger partial charge in [0.25, 0.3) is 0 Å². The smallest absolute Gasteiger partial charge is 0.0926 e. The van der Waals surface area contributed by atoms with E-state index in [0.717, 1.165) is 18.5 Å². The fourth-order valence-electron chi connectivity index (χ4n) is 1.82. The van der Waals surface area contributed by atoms with Crippen molar-refractivity contribution in [2.24, 2.45) is 5.84 Å². The number of hydrogen-bond donors (Lipinski definition) is 2.